The maximum absolute atomic E-state index is 13.7. The Balaban J connectivity index is 1.73. The number of nitrogens with zero attached hydrogens (tertiary/aromatic N) is 3. The molecule has 4 nitrogen and oxygen atoms in total. The Hall–Kier alpha value is -3.02. The number of aromatic nitrogens is 2. The normalized spacial score (nSPS) is 13.0. The van der Waals surface area contributed by atoms with Crippen LogP contribution in [-0.2, 0) is 12.8 Å². The molecule has 0 radical (unpaired) electrons. The summed E-state index contributed by atoms with van der Waals surface area (Å²) in [4.78, 5) is 14.9. The van der Waals surface area contributed by atoms with Crippen molar-refractivity contribution in [3.8, 4) is 5.69 Å². The van der Waals surface area contributed by atoms with Crippen molar-refractivity contribution < 1.29 is 13.6 Å². The second-order valence-electron chi connectivity index (χ2n) is 7.75. The number of benzene rings is 2. The summed E-state index contributed by atoms with van der Waals surface area (Å²) in [5.74, 6) is -1.68. The van der Waals surface area contributed by atoms with Gasteiger partial charge in [0.2, 0.25) is 0 Å². The average molecular weight is 395 g/mol. The Kier molecular flexibility index (Phi) is 4.94. The number of rotatable bonds is 4. The van der Waals surface area contributed by atoms with Gasteiger partial charge < -0.3 is 4.90 Å². The van der Waals surface area contributed by atoms with Crippen LogP contribution in [0, 0.1) is 11.6 Å². The number of hydrogen-bond acceptors (Lipinski definition) is 2. The molecule has 2 aromatic carbocycles. The highest BCUT2D eigenvalue weighted by Crippen LogP contribution is 2.30. The first-order chi connectivity index (χ1) is 13.9. The summed E-state index contributed by atoms with van der Waals surface area (Å²) in [6.07, 6.45) is 2.41. The zero-order valence-electron chi connectivity index (χ0n) is 16.7. The second kappa shape index (κ2) is 7.43. The molecule has 0 saturated heterocycles. The first-order valence-corrected chi connectivity index (χ1v) is 9.81. The van der Waals surface area contributed by atoms with Crippen LogP contribution in [0.25, 0.3) is 5.69 Å². The molecule has 150 valence electrons. The number of carbonyl (C=O) groups is 1. The summed E-state index contributed by atoms with van der Waals surface area (Å²) in [6, 6.07) is 11.6. The molecule has 1 heterocycles. The van der Waals surface area contributed by atoms with Crippen LogP contribution in [0.1, 0.15) is 53.5 Å². The Labute approximate surface area is 168 Å². The van der Waals surface area contributed by atoms with Crippen LogP contribution in [-0.4, -0.2) is 22.7 Å². The lowest BCUT2D eigenvalue weighted by molar-refractivity contribution is 0.0987. The van der Waals surface area contributed by atoms with Crippen molar-refractivity contribution in [3.63, 3.8) is 0 Å². The lowest BCUT2D eigenvalue weighted by Crippen LogP contribution is -2.27. The van der Waals surface area contributed by atoms with E-state index < -0.39 is 11.6 Å². The summed E-state index contributed by atoms with van der Waals surface area (Å²) >= 11 is 0. The number of halogens is 2. The third kappa shape index (κ3) is 3.43. The van der Waals surface area contributed by atoms with E-state index in [9.17, 15) is 13.6 Å². The number of hydrogen-bond donors (Lipinski definition) is 0. The molecule has 1 aliphatic carbocycles. The minimum Gasteiger partial charge on any atom is -0.310 e. The van der Waals surface area contributed by atoms with Gasteiger partial charge in [-0.05, 0) is 55.0 Å². The minimum absolute atomic E-state index is 0.203. The third-order valence-corrected chi connectivity index (χ3v) is 5.51. The monoisotopic (exact) mass is 395 g/mol. The van der Waals surface area contributed by atoms with Crippen LogP contribution in [0.4, 0.5) is 14.5 Å². The van der Waals surface area contributed by atoms with E-state index in [1.165, 1.54) is 6.07 Å². The Bertz CT molecular complexity index is 1090. The summed E-state index contributed by atoms with van der Waals surface area (Å²) in [5.41, 5.74) is 4.54. The van der Waals surface area contributed by atoms with E-state index in [-0.39, 0.29) is 5.91 Å². The molecule has 1 aliphatic rings. The highest BCUT2D eigenvalue weighted by atomic mass is 19.2. The zero-order valence-corrected chi connectivity index (χ0v) is 16.7. The number of anilines is 1. The van der Waals surface area contributed by atoms with Crippen molar-refractivity contribution in [3.05, 3.63) is 76.6 Å². The van der Waals surface area contributed by atoms with Gasteiger partial charge in [0.25, 0.3) is 5.91 Å². The quantitative estimate of drug-likeness (QED) is 0.621. The van der Waals surface area contributed by atoms with Crippen LogP contribution in [0.2, 0.25) is 0 Å². The first-order valence-electron chi connectivity index (χ1n) is 9.81. The predicted octanol–water partition coefficient (Wildman–Crippen LogP) is 5.04. The van der Waals surface area contributed by atoms with E-state index in [1.807, 2.05) is 24.3 Å². The van der Waals surface area contributed by atoms with Crippen molar-refractivity contribution in [2.75, 3.05) is 11.9 Å². The van der Waals surface area contributed by atoms with Crippen LogP contribution in [0.3, 0.4) is 0 Å². The summed E-state index contributed by atoms with van der Waals surface area (Å²) < 4.78 is 28.7. The molecule has 0 fully saturated rings. The molecule has 6 heteroatoms. The van der Waals surface area contributed by atoms with Crippen LogP contribution in [0.5, 0.6) is 0 Å². The van der Waals surface area contributed by atoms with Gasteiger partial charge in [-0.1, -0.05) is 26.0 Å². The fraction of sp³-hybridized carbons (Fsp3) is 0.304. The van der Waals surface area contributed by atoms with E-state index >= 15 is 0 Å². The molecule has 0 aliphatic heterocycles. The van der Waals surface area contributed by atoms with E-state index in [0.717, 1.165) is 53.9 Å². The van der Waals surface area contributed by atoms with Gasteiger partial charge in [0, 0.05) is 30.1 Å². The van der Waals surface area contributed by atoms with Gasteiger partial charge in [0.1, 0.15) is 0 Å². The van der Waals surface area contributed by atoms with Crippen molar-refractivity contribution in [2.45, 2.75) is 39.0 Å². The van der Waals surface area contributed by atoms with E-state index in [2.05, 4.69) is 18.9 Å². The van der Waals surface area contributed by atoms with Crippen molar-refractivity contribution in [1.82, 2.24) is 9.78 Å². The number of carbonyl (C=O) groups excluding carboxylic acids is 1. The lowest BCUT2D eigenvalue weighted by atomic mass is 10.0. The maximum atomic E-state index is 13.7. The minimum atomic E-state index is -0.930. The zero-order chi connectivity index (χ0) is 20.7. The summed E-state index contributed by atoms with van der Waals surface area (Å²) in [6.45, 7) is 4.22. The molecule has 0 unspecified atom stereocenters. The molecule has 0 saturated carbocycles. The van der Waals surface area contributed by atoms with Gasteiger partial charge in [-0.25, -0.2) is 13.5 Å². The maximum Gasteiger partial charge on any atom is 0.278 e. The molecule has 4 rings (SSSR count). The second-order valence-corrected chi connectivity index (χ2v) is 7.75. The molecule has 0 atom stereocenters. The van der Waals surface area contributed by atoms with E-state index in [0.29, 0.717) is 17.3 Å². The summed E-state index contributed by atoms with van der Waals surface area (Å²) in [7, 11) is 1.74. The molecule has 0 N–H and O–H groups in total. The molecule has 0 bridgehead atoms. The molecular weight excluding hydrogens is 372 g/mol. The fourth-order valence-corrected chi connectivity index (χ4v) is 3.81. The lowest BCUT2D eigenvalue weighted by Gasteiger charge is -2.18. The highest BCUT2D eigenvalue weighted by Gasteiger charge is 2.29. The topological polar surface area (TPSA) is 38.1 Å². The predicted molar refractivity (Wildman–Crippen MR) is 109 cm³/mol. The number of amides is 1. The molecule has 1 amide bonds. The summed E-state index contributed by atoms with van der Waals surface area (Å²) in [5, 5.41) is 4.51. The highest BCUT2D eigenvalue weighted by molar-refractivity contribution is 6.05. The van der Waals surface area contributed by atoms with Gasteiger partial charge in [0.15, 0.2) is 17.3 Å². The van der Waals surface area contributed by atoms with Gasteiger partial charge >= 0.3 is 0 Å². The third-order valence-electron chi connectivity index (χ3n) is 5.51. The van der Waals surface area contributed by atoms with Gasteiger partial charge in [-0.3, -0.25) is 4.79 Å². The Morgan fingerprint density at radius 2 is 1.90 bits per heavy atom. The SMILES string of the molecule is CC(C)c1cccc(N(C)C(=O)c2nn(-c3ccc(F)c(F)c3)c3c2CCC3)c1. The molecule has 0 spiro atoms. The van der Waals surface area contributed by atoms with E-state index in [1.54, 1.807) is 16.6 Å². The van der Waals surface area contributed by atoms with Gasteiger partial charge in [-0.15, -0.1) is 0 Å². The molecule has 29 heavy (non-hydrogen) atoms. The Morgan fingerprint density at radius 1 is 1.10 bits per heavy atom. The van der Waals surface area contributed by atoms with Crippen molar-refractivity contribution in [1.29, 1.82) is 0 Å². The van der Waals surface area contributed by atoms with Crippen molar-refractivity contribution >= 4 is 11.6 Å². The van der Waals surface area contributed by atoms with Crippen LogP contribution < -0.4 is 4.90 Å². The van der Waals surface area contributed by atoms with E-state index in [4.69, 9.17) is 0 Å². The smallest absolute Gasteiger partial charge is 0.278 e. The number of fused-ring (bicyclic) bond motifs is 1. The molecular formula is C23H23F2N3O. The van der Waals surface area contributed by atoms with Gasteiger partial charge in [-0.2, -0.15) is 5.10 Å². The first kappa shape index (κ1) is 19.3. The Morgan fingerprint density at radius 3 is 2.62 bits per heavy atom. The average Bonchev–Trinajstić information content (AvgIpc) is 3.32. The fourth-order valence-electron chi connectivity index (χ4n) is 3.81. The molecule has 1 aromatic heterocycles. The van der Waals surface area contributed by atoms with Crippen LogP contribution >= 0.6 is 0 Å². The van der Waals surface area contributed by atoms with Crippen molar-refractivity contribution in [2.24, 2.45) is 0 Å². The molecule has 3 aromatic rings. The van der Waals surface area contributed by atoms with Gasteiger partial charge in [0.05, 0.1) is 5.69 Å². The van der Waals surface area contributed by atoms with Crippen LogP contribution in [0.15, 0.2) is 42.5 Å². The standard InChI is InChI=1S/C23H23F2N3O/c1-14(2)15-6-4-7-16(12-15)27(3)23(29)22-18-8-5-9-21(18)28(26-22)17-10-11-19(24)20(25)13-17/h4,6-7,10-14H,5,8-9H2,1-3H3. The largest absolute Gasteiger partial charge is 0.310 e.